The van der Waals surface area contributed by atoms with Gasteiger partial charge in [-0.15, -0.1) is 0 Å². The van der Waals surface area contributed by atoms with Crippen molar-refractivity contribution in [3.63, 3.8) is 0 Å². The average Bonchev–Trinajstić information content (AvgIpc) is 2.87. The minimum absolute atomic E-state index is 0.114. The molecule has 0 N–H and O–H groups in total. The van der Waals surface area contributed by atoms with E-state index in [0.29, 0.717) is 29.7 Å². The van der Waals surface area contributed by atoms with Crippen LogP contribution in [0.4, 0.5) is 4.39 Å². The molecule has 0 aliphatic rings. The Hall–Kier alpha value is -2.41. The van der Waals surface area contributed by atoms with E-state index in [4.69, 9.17) is 5.26 Å². The summed E-state index contributed by atoms with van der Waals surface area (Å²) in [6, 6.07) is 7.95. The van der Waals surface area contributed by atoms with Crippen LogP contribution in [-0.4, -0.2) is 10.4 Å². The maximum Gasteiger partial charge on any atom is 0.164 e. The largest absolute Gasteiger partial charge is 0.349 e. The summed E-state index contributed by atoms with van der Waals surface area (Å²) in [5, 5.41) is 8.82. The number of nitrogens with zero attached hydrogens (tertiary/aromatic N) is 2. The van der Waals surface area contributed by atoms with Crippen molar-refractivity contribution in [2.24, 2.45) is 0 Å². The first-order chi connectivity index (χ1) is 9.62. The second-order valence-corrected chi connectivity index (χ2v) is 4.71. The summed E-state index contributed by atoms with van der Waals surface area (Å²) in [5.41, 5.74) is 1.67. The summed E-state index contributed by atoms with van der Waals surface area (Å²) >= 11 is 0. The van der Waals surface area contributed by atoms with Gasteiger partial charge < -0.3 is 4.57 Å². The SMILES string of the molecule is CCCC(=O)c1ccn(Cc2cc(F)cc(C#N)c2)c1. The molecule has 1 heterocycles. The van der Waals surface area contributed by atoms with Crippen LogP contribution in [0.3, 0.4) is 0 Å². The Labute approximate surface area is 117 Å². The molecule has 0 bridgehead atoms. The third-order valence-corrected chi connectivity index (χ3v) is 3.00. The molecule has 0 atom stereocenters. The summed E-state index contributed by atoms with van der Waals surface area (Å²) in [7, 11) is 0. The Balaban J connectivity index is 2.17. The molecule has 4 heteroatoms. The lowest BCUT2D eigenvalue weighted by atomic mass is 10.1. The first kappa shape index (κ1) is 14.0. The predicted molar refractivity (Wildman–Crippen MR) is 73.9 cm³/mol. The number of ketones is 1. The standard InChI is InChI=1S/C16H15FN2O/c1-2-3-16(20)14-4-5-19(11-14)10-13-6-12(9-18)7-15(17)8-13/h4-8,11H,2-3,10H2,1H3. The Kier molecular flexibility index (Phi) is 4.31. The van der Waals surface area contributed by atoms with Gasteiger partial charge in [-0.25, -0.2) is 4.39 Å². The van der Waals surface area contributed by atoms with E-state index in [-0.39, 0.29) is 5.78 Å². The van der Waals surface area contributed by atoms with Crippen molar-refractivity contribution in [2.75, 3.05) is 0 Å². The van der Waals surface area contributed by atoms with Gasteiger partial charge in [-0.1, -0.05) is 6.92 Å². The lowest BCUT2D eigenvalue weighted by Crippen LogP contribution is -2.00. The van der Waals surface area contributed by atoms with Crippen molar-refractivity contribution in [2.45, 2.75) is 26.3 Å². The Bertz CT molecular complexity index is 667. The van der Waals surface area contributed by atoms with E-state index in [2.05, 4.69) is 0 Å². The van der Waals surface area contributed by atoms with E-state index in [0.717, 1.165) is 6.42 Å². The molecule has 20 heavy (non-hydrogen) atoms. The average molecular weight is 270 g/mol. The Morgan fingerprint density at radius 3 is 2.90 bits per heavy atom. The molecule has 1 aromatic carbocycles. The van der Waals surface area contributed by atoms with Gasteiger partial charge in [-0.3, -0.25) is 4.79 Å². The molecule has 0 spiro atoms. The molecular formula is C16H15FN2O. The van der Waals surface area contributed by atoms with Gasteiger partial charge in [0.15, 0.2) is 5.78 Å². The molecular weight excluding hydrogens is 255 g/mol. The highest BCUT2D eigenvalue weighted by Gasteiger charge is 2.07. The van der Waals surface area contributed by atoms with Crippen molar-refractivity contribution in [3.05, 3.63) is 59.2 Å². The number of rotatable bonds is 5. The molecule has 2 aromatic rings. The molecule has 0 saturated carbocycles. The molecule has 0 radical (unpaired) electrons. The highest BCUT2D eigenvalue weighted by molar-refractivity contribution is 5.95. The van der Waals surface area contributed by atoms with Crippen molar-refractivity contribution in [1.82, 2.24) is 4.57 Å². The number of aromatic nitrogens is 1. The first-order valence-electron chi connectivity index (χ1n) is 6.51. The summed E-state index contributed by atoms with van der Waals surface area (Å²) < 4.78 is 15.2. The Morgan fingerprint density at radius 2 is 2.20 bits per heavy atom. The van der Waals surface area contributed by atoms with Crippen LogP contribution in [0.15, 0.2) is 36.7 Å². The van der Waals surface area contributed by atoms with Gasteiger partial charge in [-0.05, 0) is 36.2 Å². The lowest BCUT2D eigenvalue weighted by molar-refractivity contribution is 0.0981. The van der Waals surface area contributed by atoms with Crippen LogP contribution in [0.5, 0.6) is 0 Å². The molecule has 0 amide bonds. The van der Waals surface area contributed by atoms with Gasteiger partial charge in [0.05, 0.1) is 11.6 Å². The molecule has 0 fully saturated rings. The van der Waals surface area contributed by atoms with Crippen LogP contribution in [0, 0.1) is 17.1 Å². The van der Waals surface area contributed by atoms with Gasteiger partial charge in [0, 0.05) is 30.9 Å². The summed E-state index contributed by atoms with van der Waals surface area (Å²) in [4.78, 5) is 11.7. The molecule has 102 valence electrons. The number of nitriles is 1. The zero-order valence-electron chi connectivity index (χ0n) is 11.3. The van der Waals surface area contributed by atoms with Crippen LogP contribution in [0.1, 0.15) is 41.3 Å². The summed E-state index contributed by atoms with van der Waals surface area (Å²) in [5.74, 6) is -0.309. The molecule has 0 saturated heterocycles. The van der Waals surface area contributed by atoms with Crippen LogP contribution < -0.4 is 0 Å². The maximum absolute atomic E-state index is 13.3. The topological polar surface area (TPSA) is 45.8 Å². The summed E-state index contributed by atoms with van der Waals surface area (Å²) in [6.45, 7) is 2.40. The van der Waals surface area contributed by atoms with E-state index in [1.54, 1.807) is 24.5 Å². The number of hydrogen-bond acceptors (Lipinski definition) is 2. The van der Waals surface area contributed by atoms with Crippen molar-refractivity contribution >= 4 is 5.78 Å². The van der Waals surface area contributed by atoms with Gasteiger partial charge in [0.25, 0.3) is 0 Å². The third kappa shape index (κ3) is 3.33. The molecule has 0 aliphatic heterocycles. The van der Waals surface area contributed by atoms with Gasteiger partial charge in [0.2, 0.25) is 0 Å². The van der Waals surface area contributed by atoms with E-state index in [9.17, 15) is 9.18 Å². The maximum atomic E-state index is 13.3. The Morgan fingerprint density at radius 1 is 1.40 bits per heavy atom. The number of carbonyl (C=O) groups is 1. The van der Waals surface area contributed by atoms with E-state index in [1.807, 2.05) is 17.6 Å². The van der Waals surface area contributed by atoms with Gasteiger partial charge in [0.1, 0.15) is 5.82 Å². The molecule has 0 aliphatic carbocycles. The molecule has 3 nitrogen and oxygen atoms in total. The fourth-order valence-corrected chi connectivity index (χ4v) is 2.09. The fourth-order valence-electron chi connectivity index (χ4n) is 2.09. The first-order valence-corrected chi connectivity index (χ1v) is 6.51. The monoisotopic (exact) mass is 270 g/mol. The fraction of sp³-hybridized carbons (Fsp3) is 0.250. The lowest BCUT2D eigenvalue weighted by Gasteiger charge is -2.04. The van der Waals surface area contributed by atoms with Crippen LogP contribution in [0.25, 0.3) is 0 Å². The number of Topliss-reactive ketones (excluding diaryl/α,β-unsaturated/α-hetero) is 1. The van der Waals surface area contributed by atoms with E-state index < -0.39 is 5.82 Å². The number of hydrogen-bond donors (Lipinski definition) is 0. The molecule has 2 rings (SSSR count). The van der Waals surface area contributed by atoms with Crippen molar-refractivity contribution < 1.29 is 9.18 Å². The number of halogens is 1. The van der Waals surface area contributed by atoms with E-state index in [1.165, 1.54) is 12.1 Å². The van der Waals surface area contributed by atoms with Crippen LogP contribution in [-0.2, 0) is 6.54 Å². The quantitative estimate of drug-likeness (QED) is 0.780. The zero-order valence-corrected chi connectivity index (χ0v) is 11.3. The second-order valence-electron chi connectivity index (χ2n) is 4.71. The van der Waals surface area contributed by atoms with Crippen LogP contribution >= 0.6 is 0 Å². The second kappa shape index (κ2) is 6.16. The molecule has 1 aromatic heterocycles. The molecule has 0 unspecified atom stereocenters. The predicted octanol–water partition coefficient (Wildman–Crippen LogP) is 3.53. The summed E-state index contributed by atoms with van der Waals surface area (Å²) in [6.07, 6.45) is 4.90. The van der Waals surface area contributed by atoms with Crippen molar-refractivity contribution in [1.29, 1.82) is 5.26 Å². The number of carbonyl (C=O) groups excluding carboxylic acids is 1. The minimum Gasteiger partial charge on any atom is -0.349 e. The normalized spacial score (nSPS) is 10.2. The number of benzene rings is 1. The zero-order chi connectivity index (χ0) is 14.5. The van der Waals surface area contributed by atoms with Crippen molar-refractivity contribution in [3.8, 4) is 6.07 Å². The smallest absolute Gasteiger partial charge is 0.164 e. The van der Waals surface area contributed by atoms with Gasteiger partial charge >= 0.3 is 0 Å². The van der Waals surface area contributed by atoms with Crippen LogP contribution in [0.2, 0.25) is 0 Å². The van der Waals surface area contributed by atoms with Gasteiger partial charge in [-0.2, -0.15) is 5.26 Å². The minimum atomic E-state index is -0.423. The third-order valence-electron chi connectivity index (χ3n) is 3.00. The highest BCUT2D eigenvalue weighted by atomic mass is 19.1. The van der Waals surface area contributed by atoms with E-state index >= 15 is 0 Å². The highest BCUT2D eigenvalue weighted by Crippen LogP contribution is 2.12.